The first-order chi connectivity index (χ1) is 9.58. The predicted octanol–water partition coefficient (Wildman–Crippen LogP) is 4.02. The summed E-state index contributed by atoms with van der Waals surface area (Å²) in [7, 11) is 0. The lowest BCUT2D eigenvalue weighted by Crippen LogP contribution is -2.03. The molecule has 0 bridgehead atoms. The fourth-order valence-corrected chi connectivity index (χ4v) is 2.10. The molecular weight excluding hydrogens is 252 g/mol. The molecule has 20 heavy (non-hydrogen) atoms. The Labute approximate surface area is 120 Å². The van der Waals surface area contributed by atoms with Crippen molar-refractivity contribution in [3.05, 3.63) is 47.0 Å². The molecule has 1 aromatic carbocycles. The van der Waals surface area contributed by atoms with Gasteiger partial charge in [-0.25, -0.2) is 4.79 Å². The topological polar surface area (TPSA) is 54.4 Å². The number of Topliss-reactive ketones (excluding diaryl/α,β-unsaturated/α-hetero) is 1. The molecule has 0 radical (unpaired) electrons. The number of rotatable bonds is 8. The zero-order valence-corrected chi connectivity index (χ0v) is 12.2. The number of allylic oxidation sites excluding steroid dienone is 1. The molecule has 108 valence electrons. The van der Waals surface area contributed by atoms with E-state index in [-0.39, 0.29) is 5.78 Å². The molecular formula is C17H22O3. The second-order valence-electron chi connectivity index (χ2n) is 4.84. The van der Waals surface area contributed by atoms with Crippen LogP contribution in [-0.4, -0.2) is 16.9 Å². The Hall–Kier alpha value is -1.90. The molecule has 0 aliphatic carbocycles. The first-order valence-corrected chi connectivity index (χ1v) is 7.09. The van der Waals surface area contributed by atoms with Gasteiger partial charge in [0, 0.05) is 17.6 Å². The minimum atomic E-state index is -0.899. The molecule has 0 aliphatic rings. The summed E-state index contributed by atoms with van der Waals surface area (Å²) < 4.78 is 0. The molecule has 1 N–H and O–H groups in total. The number of aryl methyl sites for hydroxylation is 1. The van der Waals surface area contributed by atoms with Crippen LogP contribution in [0.5, 0.6) is 0 Å². The second kappa shape index (κ2) is 8.31. The number of hydrogen-bond acceptors (Lipinski definition) is 2. The van der Waals surface area contributed by atoms with E-state index in [2.05, 4.69) is 6.92 Å². The normalized spacial score (nSPS) is 11.4. The number of benzene rings is 1. The van der Waals surface area contributed by atoms with Gasteiger partial charge in [-0.1, -0.05) is 43.7 Å². The van der Waals surface area contributed by atoms with E-state index in [4.69, 9.17) is 5.11 Å². The molecule has 1 rings (SSSR count). The molecule has 1 aromatic rings. The smallest absolute Gasteiger partial charge is 0.331 e. The van der Waals surface area contributed by atoms with E-state index in [1.807, 2.05) is 24.3 Å². The summed E-state index contributed by atoms with van der Waals surface area (Å²) in [4.78, 5) is 22.8. The average molecular weight is 274 g/mol. The highest BCUT2D eigenvalue weighted by Gasteiger charge is 2.09. The number of ketones is 1. The van der Waals surface area contributed by atoms with Crippen LogP contribution >= 0.6 is 0 Å². The Morgan fingerprint density at radius 3 is 2.30 bits per heavy atom. The zero-order chi connectivity index (χ0) is 15.0. The Bertz CT molecular complexity index is 483. The maximum absolute atomic E-state index is 12.0. The van der Waals surface area contributed by atoms with Crippen LogP contribution in [0.3, 0.4) is 0 Å². The first kappa shape index (κ1) is 16.2. The summed E-state index contributed by atoms with van der Waals surface area (Å²) in [6, 6.07) is 7.71. The van der Waals surface area contributed by atoms with Crippen molar-refractivity contribution in [1.29, 1.82) is 0 Å². The van der Waals surface area contributed by atoms with Crippen molar-refractivity contribution in [2.75, 3.05) is 0 Å². The van der Waals surface area contributed by atoms with E-state index in [9.17, 15) is 9.59 Å². The van der Waals surface area contributed by atoms with Crippen LogP contribution in [0, 0.1) is 0 Å². The molecule has 0 fully saturated rings. The van der Waals surface area contributed by atoms with Crippen molar-refractivity contribution < 1.29 is 14.7 Å². The standard InChI is InChI=1S/C17H22O3/c1-3-6-13-9-11-15(12-10-13)16(18)8-5-7-14(4-2)17(19)20/h4,9-12H,3,5-8H2,1-2H3,(H,19,20)/b14-4-. The molecule has 0 saturated carbocycles. The number of carbonyl (C=O) groups excluding carboxylic acids is 1. The van der Waals surface area contributed by atoms with Gasteiger partial charge in [-0.15, -0.1) is 0 Å². The molecule has 3 nitrogen and oxygen atoms in total. The number of carbonyl (C=O) groups is 2. The molecule has 0 amide bonds. The van der Waals surface area contributed by atoms with Gasteiger partial charge >= 0.3 is 5.97 Å². The molecule has 0 unspecified atom stereocenters. The lowest BCUT2D eigenvalue weighted by Gasteiger charge is -2.04. The quantitative estimate of drug-likeness (QED) is 0.575. The van der Waals surface area contributed by atoms with Crippen molar-refractivity contribution >= 4 is 11.8 Å². The molecule has 0 aliphatic heterocycles. The van der Waals surface area contributed by atoms with Gasteiger partial charge in [0.05, 0.1) is 0 Å². The van der Waals surface area contributed by atoms with Crippen molar-refractivity contribution in [2.24, 2.45) is 0 Å². The van der Waals surface area contributed by atoms with Crippen LogP contribution < -0.4 is 0 Å². The Morgan fingerprint density at radius 2 is 1.80 bits per heavy atom. The Morgan fingerprint density at radius 1 is 1.15 bits per heavy atom. The van der Waals surface area contributed by atoms with Crippen LogP contribution in [0.4, 0.5) is 0 Å². The Balaban J connectivity index is 2.48. The number of carboxylic acid groups (broad SMARTS) is 1. The van der Waals surface area contributed by atoms with Gasteiger partial charge in [0.15, 0.2) is 5.78 Å². The molecule has 0 heterocycles. The van der Waals surface area contributed by atoms with Crippen molar-refractivity contribution in [3.8, 4) is 0 Å². The fourth-order valence-electron chi connectivity index (χ4n) is 2.10. The van der Waals surface area contributed by atoms with Crippen LogP contribution in [0.1, 0.15) is 55.5 Å². The average Bonchev–Trinajstić information content (AvgIpc) is 2.44. The maximum Gasteiger partial charge on any atom is 0.331 e. The summed E-state index contributed by atoms with van der Waals surface area (Å²) >= 11 is 0. The molecule has 0 spiro atoms. The second-order valence-corrected chi connectivity index (χ2v) is 4.84. The van der Waals surface area contributed by atoms with Gasteiger partial charge in [0.1, 0.15) is 0 Å². The minimum absolute atomic E-state index is 0.0777. The number of carboxylic acids is 1. The van der Waals surface area contributed by atoms with Gasteiger partial charge in [-0.2, -0.15) is 0 Å². The van der Waals surface area contributed by atoms with E-state index in [1.165, 1.54) is 5.56 Å². The zero-order valence-electron chi connectivity index (χ0n) is 12.2. The van der Waals surface area contributed by atoms with Crippen molar-refractivity contribution in [1.82, 2.24) is 0 Å². The van der Waals surface area contributed by atoms with Crippen molar-refractivity contribution in [3.63, 3.8) is 0 Å². The first-order valence-electron chi connectivity index (χ1n) is 7.09. The predicted molar refractivity (Wildman–Crippen MR) is 80.0 cm³/mol. The van der Waals surface area contributed by atoms with E-state index in [0.717, 1.165) is 12.8 Å². The largest absolute Gasteiger partial charge is 0.478 e. The molecule has 0 saturated heterocycles. The summed E-state index contributed by atoms with van der Waals surface area (Å²) in [5.41, 5.74) is 2.32. The van der Waals surface area contributed by atoms with Gasteiger partial charge in [-0.05, 0) is 31.7 Å². The van der Waals surface area contributed by atoms with E-state index >= 15 is 0 Å². The fraction of sp³-hybridized carbons (Fsp3) is 0.412. The van der Waals surface area contributed by atoms with Crippen LogP contribution in [-0.2, 0) is 11.2 Å². The Kier molecular flexibility index (Phi) is 6.71. The third-order valence-electron chi connectivity index (χ3n) is 3.29. The van der Waals surface area contributed by atoms with Gasteiger partial charge < -0.3 is 5.11 Å². The third kappa shape index (κ3) is 5.00. The highest BCUT2D eigenvalue weighted by Crippen LogP contribution is 2.13. The summed E-state index contributed by atoms with van der Waals surface area (Å²) in [6.45, 7) is 3.83. The number of aliphatic carboxylic acids is 1. The van der Waals surface area contributed by atoms with E-state index in [1.54, 1.807) is 13.0 Å². The highest BCUT2D eigenvalue weighted by molar-refractivity contribution is 5.96. The van der Waals surface area contributed by atoms with Crippen molar-refractivity contribution in [2.45, 2.75) is 46.0 Å². The van der Waals surface area contributed by atoms with Gasteiger partial charge in [0.25, 0.3) is 0 Å². The SMILES string of the molecule is C/C=C(/CCCC(=O)c1ccc(CCC)cc1)C(=O)O. The van der Waals surface area contributed by atoms with E-state index < -0.39 is 5.97 Å². The lowest BCUT2D eigenvalue weighted by atomic mass is 10.0. The van der Waals surface area contributed by atoms with Gasteiger partial charge in [0.2, 0.25) is 0 Å². The van der Waals surface area contributed by atoms with E-state index in [0.29, 0.717) is 30.4 Å². The highest BCUT2D eigenvalue weighted by atomic mass is 16.4. The van der Waals surface area contributed by atoms with Crippen LogP contribution in [0.15, 0.2) is 35.9 Å². The maximum atomic E-state index is 12.0. The monoisotopic (exact) mass is 274 g/mol. The summed E-state index contributed by atoms with van der Waals surface area (Å²) in [5.74, 6) is -0.822. The minimum Gasteiger partial charge on any atom is -0.478 e. The van der Waals surface area contributed by atoms with Crippen LogP contribution in [0.25, 0.3) is 0 Å². The van der Waals surface area contributed by atoms with Gasteiger partial charge in [-0.3, -0.25) is 4.79 Å². The third-order valence-corrected chi connectivity index (χ3v) is 3.29. The molecule has 3 heteroatoms. The summed E-state index contributed by atoms with van der Waals surface area (Å²) in [6.07, 6.45) is 5.10. The van der Waals surface area contributed by atoms with Crippen LogP contribution in [0.2, 0.25) is 0 Å². The molecule has 0 atom stereocenters. The lowest BCUT2D eigenvalue weighted by molar-refractivity contribution is -0.132. The molecule has 0 aromatic heterocycles. The summed E-state index contributed by atoms with van der Waals surface area (Å²) in [5, 5.41) is 8.88. The number of hydrogen-bond donors (Lipinski definition) is 1.